The van der Waals surface area contributed by atoms with Gasteiger partial charge in [0.1, 0.15) is 5.65 Å². The summed E-state index contributed by atoms with van der Waals surface area (Å²) in [7, 11) is 0. The molecule has 1 N–H and O–H groups in total. The molecule has 0 fully saturated rings. The number of pyridine rings is 1. The summed E-state index contributed by atoms with van der Waals surface area (Å²) in [4.78, 5) is 16.6. The van der Waals surface area contributed by atoms with Crippen molar-refractivity contribution < 1.29 is 0 Å². The molecule has 0 aliphatic rings. The molecule has 3 aromatic rings. The lowest BCUT2D eigenvalue weighted by molar-refractivity contribution is 0.965. The minimum atomic E-state index is -0.0604. The number of aryl methyl sites for hydroxylation is 1. The maximum Gasteiger partial charge on any atom is 0.258 e. The zero-order chi connectivity index (χ0) is 14.8. The van der Waals surface area contributed by atoms with Crippen LogP contribution in [-0.2, 0) is 6.54 Å². The Morgan fingerprint density at radius 1 is 1.24 bits per heavy atom. The normalized spacial score (nSPS) is 10.8. The fraction of sp³-hybridized carbons (Fsp3) is 0.125. The van der Waals surface area contributed by atoms with Crippen molar-refractivity contribution in [2.75, 3.05) is 5.32 Å². The molecule has 0 saturated carbocycles. The fourth-order valence-electron chi connectivity index (χ4n) is 2.14. The molecule has 0 spiro atoms. The first kappa shape index (κ1) is 13.8. The van der Waals surface area contributed by atoms with Crippen LogP contribution in [0.4, 0.5) is 5.69 Å². The van der Waals surface area contributed by atoms with E-state index in [9.17, 15) is 4.79 Å². The number of rotatable bonds is 3. The van der Waals surface area contributed by atoms with Crippen molar-refractivity contribution in [3.05, 3.63) is 74.7 Å². The summed E-state index contributed by atoms with van der Waals surface area (Å²) in [5.74, 6) is 0. The summed E-state index contributed by atoms with van der Waals surface area (Å²) >= 11 is 3.43. The van der Waals surface area contributed by atoms with Gasteiger partial charge in [-0.2, -0.15) is 0 Å². The first-order valence-corrected chi connectivity index (χ1v) is 7.39. The van der Waals surface area contributed by atoms with E-state index in [1.807, 2.05) is 43.3 Å². The molecular formula is C16H14BrN3O. The Labute approximate surface area is 130 Å². The zero-order valence-electron chi connectivity index (χ0n) is 11.5. The average Bonchev–Trinajstić information content (AvgIpc) is 2.46. The fourth-order valence-corrected chi connectivity index (χ4v) is 2.54. The lowest BCUT2D eigenvalue weighted by atomic mass is 10.3. The maximum absolute atomic E-state index is 12.1. The number of fused-ring (bicyclic) bond motifs is 1. The van der Waals surface area contributed by atoms with Gasteiger partial charge in [0.25, 0.3) is 5.56 Å². The van der Waals surface area contributed by atoms with Crippen LogP contribution in [-0.4, -0.2) is 9.38 Å². The monoisotopic (exact) mass is 343 g/mol. The first-order chi connectivity index (χ1) is 10.1. The van der Waals surface area contributed by atoms with Crippen molar-refractivity contribution in [1.29, 1.82) is 0 Å². The third-order valence-electron chi connectivity index (χ3n) is 3.16. The average molecular weight is 344 g/mol. The number of hydrogen-bond acceptors (Lipinski definition) is 3. The highest BCUT2D eigenvalue weighted by atomic mass is 79.9. The summed E-state index contributed by atoms with van der Waals surface area (Å²) in [6.45, 7) is 2.46. The number of hydrogen-bond donors (Lipinski definition) is 1. The molecule has 4 nitrogen and oxygen atoms in total. The standard InChI is InChI=1S/C16H14BrN3O/c1-11-5-6-15-19-14(8-16(21)20(15)10-11)9-18-13-4-2-3-12(17)7-13/h2-8,10,18H,9H2,1H3. The molecule has 21 heavy (non-hydrogen) atoms. The van der Waals surface area contributed by atoms with Gasteiger partial charge in [-0.25, -0.2) is 4.98 Å². The summed E-state index contributed by atoms with van der Waals surface area (Å²) in [6, 6.07) is 13.3. The summed E-state index contributed by atoms with van der Waals surface area (Å²) in [5.41, 5.74) is 3.35. The lowest BCUT2D eigenvalue weighted by Gasteiger charge is -2.08. The summed E-state index contributed by atoms with van der Waals surface area (Å²) in [5, 5.41) is 3.26. The van der Waals surface area contributed by atoms with Crippen LogP contribution in [0.5, 0.6) is 0 Å². The first-order valence-electron chi connectivity index (χ1n) is 6.60. The minimum Gasteiger partial charge on any atom is -0.379 e. The Hall–Kier alpha value is -2.14. The van der Waals surface area contributed by atoms with Gasteiger partial charge in [-0.15, -0.1) is 0 Å². The van der Waals surface area contributed by atoms with E-state index in [4.69, 9.17) is 0 Å². The van der Waals surface area contributed by atoms with E-state index < -0.39 is 0 Å². The second kappa shape index (κ2) is 5.69. The second-order valence-electron chi connectivity index (χ2n) is 4.88. The van der Waals surface area contributed by atoms with Gasteiger partial charge in [0.15, 0.2) is 0 Å². The van der Waals surface area contributed by atoms with E-state index in [1.165, 1.54) is 0 Å². The van der Waals surface area contributed by atoms with Crippen molar-refractivity contribution >= 4 is 27.3 Å². The van der Waals surface area contributed by atoms with Crippen molar-refractivity contribution in [3.8, 4) is 0 Å². The molecule has 3 rings (SSSR count). The Kier molecular flexibility index (Phi) is 3.75. The third-order valence-corrected chi connectivity index (χ3v) is 3.65. The van der Waals surface area contributed by atoms with E-state index in [1.54, 1.807) is 16.7 Å². The van der Waals surface area contributed by atoms with Crippen LogP contribution < -0.4 is 10.9 Å². The maximum atomic E-state index is 12.1. The third kappa shape index (κ3) is 3.13. The van der Waals surface area contributed by atoms with Gasteiger partial charge < -0.3 is 5.32 Å². The van der Waals surface area contributed by atoms with Crippen molar-refractivity contribution in [2.24, 2.45) is 0 Å². The molecular weight excluding hydrogens is 330 g/mol. The van der Waals surface area contributed by atoms with Crippen LogP contribution in [0.2, 0.25) is 0 Å². The molecule has 0 aliphatic heterocycles. The van der Waals surface area contributed by atoms with Gasteiger partial charge >= 0.3 is 0 Å². The van der Waals surface area contributed by atoms with Gasteiger partial charge in [-0.05, 0) is 36.8 Å². The number of nitrogens with one attached hydrogen (secondary N) is 1. The molecule has 5 heteroatoms. The van der Waals surface area contributed by atoms with Crippen LogP contribution in [0.25, 0.3) is 5.65 Å². The Bertz CT molecular complexity index is 858. The quantitative estimate of drug-likeness (QED) is 0.792. The number of nitrogens with zero attached hydrogens (tertiary/aromatic N) is 2. The highest BCUT2D eigenvalue weighted by Gasteiger charge is 2.03. The molecule has 0 aliphatic carbocycles. The molecule has 1 aromatic carbocycles. The largest absolute Gasteiger partial charge is 0.379 e. The molecule has 2 aromatic heterocycles. The highest BCUT2D eigenvalue weighted by molar-refractivity contribution is 9.10. The van der Waals surface area contributed by atoms with E-state index in [2.05, 4.69) is 26.2 Å². The van der Waals surface area contributed by atoms with Crippen LogP contribution in [0.15, 0.2) is 57.9 Å². The van der Waals surface area contributed by atoms with Crippen molar-refractivity contribution in [1.82, 2.24) is 9.38 Å². The van der Waals surface area contributed by atoms with Crippen molar-refractivity contribution in [2.45, 2.75) is 13.5 Å². The topological polar surface area (TPSA) is 46.4 Å². The molecule has 106 valence electrons. The van der Waals surface area contributed by atoms with Gasteiger partial charge in [0.05, 0.1) is 12.2 Å². The predicted octanol–water partition coefficient (Wildman–Crippen LogP) is 3.38. The molecule has 2 heterocycles. The Morgan fingerprint density at radius 2 is 2.10 bits per heavy atom. The molecule has 0 atom stereocenters. The van der Waals surface area contributed by atoms with Gasteiger partial charge in [-0.1, -0.05) is 28.1 Å². The zero-order valence-corrected chi connectivity index (χ0v) is 13.1. The van der Waals surface area contributed by atoms with Crippen LogP contribution >= 0.6 is 15.9 Å². The van der Waals surface area contributed by atoms with E-state index >= 15 is 0 Å². The van der Waals surface area contributed by atoms with Gasteiger partial charge in [0.2, 0.25) is 0 Å². The number of anilines is 1. The van der Waals surface area contributed by atoms with Gasteiger partial charge in [-0.3, -0.25) is 9.20 Å². The number of aromatic nitrogens is 2. The molecule has 0 unspecified atom stereocenters. The van der Waals surface area contributed by atoms with E-state index in [0.717, 1.165) is 21.4 Å². The SMILES string of the molecule is Cc1ccc2nc(CNc3cccc(Br)c3)cc(=O)n2c1. The lowest BCUT2D eigenvalue weighted by Crippen LogP contribution is -2.17. The van der Waals surface area contributed by atoms with Crippen LogP contribution in [0.1, 0.15) is 11.3 Å². The Morgan fingerprint density at radius 3 is 2.90 bits per heavy atom. The van der Waals surface area contributed by atoms with E-state index in [-0.39, 0.29) is 5.56 Å². The molecule has 0 saturated heterocycles. The van der Waals surface area contributed by atoms with Crippen LogP contribution in [0, 0.1) is 6.92 Å². The molecule has 0 radical (unpaired) electrons. The second-order valence-corrected chi connectivity index (χ2v) is 5.80. The van der Waals surface area contributed by atoms with Gasteiger partial charge in [0, 0.05) is 22.4 Å². The predicted molar refractivity (Wildman–Crippen MR) is 87.7 cm³/mol. The minimum absolute atomic E-state index is 0.0604. The van der Waals surface area contributed by atoms with Crippen LogP contribution in [0.3, 0.4) is 0 Å². The summed E-state index contributed by atoms with van der Waals surface area (Å²) in [6.07, 6.45) is 1.80. The number of benzene rings is 1. The molecule has 0 bridgehead atoms. The Balaban J connectivity index is 1.88. The highest BCUT2D eigenvalue weighted by Crippen LogP contribution is 2.16. The smallest absolute Gasteiger partial charge is 0.258 e. The number of halogens is 1. The van der Waals surface area contributed by atoms with E-state index in [0.29, 0.717) is 12.2 Å². The molecule has 0 amide bonds. The summed E-state index contributed by atoms with van der Waals surface area (Å²) < 4.78 is 2.58. The van der Waals surface area contributed by atoms with Crippen molar-refractivity contribution in [3.63, 3.8) is 0 Å².